The summed E-state index contributed by atoms with van der Waals surface area (Å²) in [7, 11) is -9.93. The number of aliphatic hydroxyl groups excluding tert-OH is 1. The quantitative estimate of drug-likeness (QED) is 0.0222. The van der Waals surface area contributed by atoms with Crippen molar-refractivity contribution in [1.29, 1.82) is 0 Å². The van der Waals surface area contributed by atoms with E-state index in [1.54, 1.807) is 0 Å². The molecule has 0 aromatic rings. The summed E-state index contributed by atoms with van der Waals surface area (Å²) in [6, 6.07) is 0. The zero-order valence-corrected chi connectivity index (χ0v) is 71.0. The first kappa shape index (κ1) is 103. The van der Waals surface area contributed by atoms with Crippen LogP contribution in [0.25, 0.3) is 0 Å². The predicted octanol–water partition coefficient (Wildman–Crippen LogP) is 26.1. The van der Waals surface area contributed by atoms with Crippen molar-refractivity contribution in [3.63, 3.8) is 0 Å². The van der Waals surface area contributed by atoms with Gasteiger partial charge in [0.25, 0.3) is 0 Å². The molecule has 0 aliphatic carbocycles. The lowest BCUT2D eigenvalue weighted by molar-refractivity contribution is -0.161. The minimum absolute atomic E-state index is 0.106. The molecule has 0 rings (SSSR count). The number of carbonyl (C=O) groups is 4. The van der Waals surface area contributed by atoms with E-state index in [1.165, 1.54) is 263 Å². The van der Waals surface area contributed by atoms with Crippen LogP contribution in [0.3, 0.4) is 0 Å². The summed E-state index contributed by atoms with van der Waals surface area (Å²) in [5, 5.41) is 10.7. The second kappa shape index (κ2) is 76.1. The average molecular weight is 1540 g/mol. The molecule has 0 saturated heterocycles. The molecule has 3 unspecified atom stereocenters. The van der Waals surface area contributed by atoms with E-state index in [1.807, 2.05) is 0 Å². The van der Waals surface area contributed by atoms with E-state index in [4.69, 9.17) is 37.0 Å². The highest BCUT2D eigenvalue weighted by Crippen LogP contribution is 2.45. The van der Waals surface area contributed by atoms with E-state index in [9.17, 15) is 43.2 Å². The largest absolute Gasteiger partial charge is 0.472 e. The van der Waals surface area contributed by atoms with Crippen LogP contribution < -0.4 is 0 Å². The Morgan fingerprint density at radius 3 is 0.724 bits per heavy atom. The van der Waals surface area contributed by atoms with Crippen molar-refractivity contribution in [2.24, 2.45) is 17.8 Å². The van der Waals surface area contributed by atoms with Crippen LogP contribution in [-0.2, 0) is 65.4 Å². The lowest BCUT2D eigenvalue weighted by Crippen LogP contribution is -2.30. The molecule has 19 heteroatoms. The van der Waals surface area contributed by atoms with Gasteiger partial charge < -0.3 is 33.8 Å². The molecule has 3 N–H and O–H groups in total. The SMILES string of the molecule is CCCCCCCCCCCCCCCCCCCCCC(=O)OC[C@H](COP(=O)(O)OC[C@@H](O)COP(=O)(O)OC[C@@H](COC(=O)CCCCCCCCCCC(C)C)OC(=O)CCCCCCCCCCCCC(C)C)OC(=O)CCCCCCCCCCCCCCCCCCCCC(C)CC. The van der Waals surface area contributed by atoms with Gasteiger partial charge in [-0.1, -0.05) is 402 Å². The maximum Gasteiger partial charge on any atom is 0.472 e. The lowest BCUT2D eigenvalue weighted by Gasteiger charge is -2.21. The fourth-order valence-corrected chi connectivity index (χ4v) is 14.9. The second-order valence-corrected chi connectivity index (χ2v) is 35.0. The third-order valence-corrected chi connectivity index (χ3v) is 22.4. The number of esters is 4. The van der Waals surface area contributed by atoms with E-state index in [-0.39, 0.29) is 25.7 Å². The summed E-state index contributed by atoms with van der Waals surface area (Å²) in [4.78, 5) is 73.2. The minimum atomic E-state index is -4.97. The number of unbranched alkanes of at least 4 members (excludes halogenated alkanes) is 51. The second-order valence-electron chi connectivity index (χ2n) is 32.1. The van der Waals surface area contributed by atoms with Crippen LogP contribution >= 0.6 is 15.6 Å². The number of carbonyl (C=O) groups excluding carboxylic acids is 4. The molecule has 0 spiro atoms. The standard InChI is InChI=1S/C86H168O17P2/c1-8-10-11-12-13-14-15-16-17-18-19-23-26-29-32-38-46-53-60-67-83(88)96-73-81(102-85(90)69-62-55-48-39-33-30-27-24-21-20-22-25-28-31-37-45-52-59-66-79(7)9-2)75-100-104(92,93)98-71-80(87)72-99-105(94,95)101-76-82(74-97-84(89)68-61-54-47-42-41-44-51-58-65-78(5)6)103-86(91)70-63-56-49-40-35-34-36-43-50-57-64-77(3)4/h77-82,87H,8-76H2,1-7H3,(H,92,93)(H,94,95)/t79?,80-,81-,82-/m1/s1. The average Bonchev–Trinajstić information content (AvgIpc) is 0.942. The zero-order valence-electron chi connectivity index (χ0n) is 69.2. The number of hydrogen-bond donors (Lipinski definition) is 3. The fourth-order valence-electron chi connectivity index (χ4n) is 13.3. The molecular weight excluding hydrogens is 1370 g/mol. The van der Waals surface area contributed by atoms with Gasteiger partial charge in [0.15, 0.2) is 12.2 Å². The van der Waals surface area contributed by atoms with Crippen molar-refractivity contribution < 1.29 is 80.2 Å². The molecule has 0 radical (unpaired) electrons. The highest BCUT2D eigenvalue weighted by atomic mass is 31.2. The molecule has 0 aliphatic rings. The topological polar surface area (TPSA) is 237 Å². The van der Waals surface area contributed by atoms with Gasteiger partial charge in [-0.2, -0.15) is 0 Å². The Bertz CT molecular complexity index is 2030. The number of ether oxygens (including phenoxy) is 4. The van der Waals surface area contributed by atoms with Gasteiger partial charge in [-0.05, 0) is 43.4 Å². The first-order valence-electron chi connectivity index (χ1n) is 44.4. The normalized spacial score (nSPS) is 14.1. The molecule has 0 fully saturated rings. The highest BCUT2D eigenvalue weighted by molar-refractivity contribution is 7.47. The molecule has 0 aliphatic heterocycles. The number of rotatable bonds is 84. The molecule has 0 heterocycles. The number of phosphoric acid groups is 2. The van der Waals surface area contributed by atoms with Crippen LogP contribution in [0.4, 0.5) is 0 Å². The van der Waals surface area contributed by atoms with Gasteiger partial charge in [0, 0.05) is 25.7 Å². The molecule has 0 bridgehead atoms. The van der Waals surface area contributed by atoms with Gasteiger partial charge in [-0.15, -0.1) is 0 Å². The lowest BCUT2D eigenvalue weighted by atomic mass is 9.99. The van der Waals surface area contributed by atoms with Crippen LogP contribution in [0.1, 0.15) is 453 Å². The zero-order chi connectivity index (χ0) is 77.2. The molecule has 0 amide bonds. The van der Waals surface area contributed by atoms with E-state index in [0.717, 1.165) is 108 Å². The molecule has 105 heavy (non-hydrogen) atoms. The number of aliphatic hydroxyl groups is 1. The Balaban J connectivity index is 5.22. The Kier molecular flexibility index (Phi) is 74.7. The maximum atomic E-state index is 13.1. The summed E-state index contributed by atoms with van der Waals surface area (Å²) >= 11 is 0. The molecular formula is C86H168O17P2. The molecule has 0 saturated carbocycles. The van der Waals surface area contributed by atoms with Crippen molar-refractivity contribution in [3.05, 3.63) is 0 Å². The molecule has 0 aromatic carbocycles. The summed E-state index contributed by atoms with van der Waals surface area (Å²) in [5.41, 5.74) is 0. The van der Waals surface area contributed by atoms with Crippen molar-refractivity contribution in [2.75, 3.05) is 39.6 Å². The summed E-state index contributed by atoms with van der Waals surface area (Å²) in [5.74, 6) is 0.243. The fraction of sp³-hybridized carbons (Fsp3) is 0.953. The first-order chi connectivity index (χ1) is 50.8. The summed E-state index contributed by atoms with van der Waals surface area (Å²) in [6.07, 6.45) is 66.8. The molecule has 17 nitrogen and oxygen atoms in total. The third kappa shape index (κ3) is 78.5. The predicted molar refractivity (Wildman–Crippen MR) is 432 cm³/mol. The van der Waals surface area contributed by atoms with Crippen molar-refractivity contribution in [3.8, 4) is 0 Å². The Morgan fingerprint density at radius 2 is 0.486 bits per heavy atom. The van der Waals surface area contributed by atoms with Gasteiger partial charge in [-0.25, -0.2) is 9.13 Å². The Hall–Kier alpha value is -1.94. The van der Waals surface area contributed by atoms with Crippen LogP contribution in [0.2, 0.25) is 0 Å². The third-order valence-electron chi connectivity index (χ3n) is 20.5. The smallest absolute Gasteiger partial charge is 0.462 e. The summed E-state index contributed by atoms with van der Waals surface area (Å²) < 4.78 is 68.9. The van der Waals surface area contributed by atoms with Crippen LogP contribution in [-0.4, -0.2) is 96.7 Å². The maximum absolute atomic E-state index is 13.1. The van der Waals surface area contributed by atoms with Crippen molar-refractivity contribution in [2.45, 2.75) is 471 Å². The van der Waals surface area contributed by atoms with E-state index >= 15 is 0 Å². The van der Waals surface area contributed by atoms with Crippen LogP contribution in [0, 0.1) is 17.8 Å². The number of hydrogen-bond acceptors (Lipinski definition) is 15. The molecule has 0 aromatic heterocycles. The Morgan fingerprint density at radius 1 is 0.276 bits per heavy atom. The summed E-state index contributed by atoms with van der Waals surface area (Å²) in [6.45, 7) is 12.0. The van der Waals surface area contributed by atoms with Gasteiger partial charge in [0.05, 0.1) is 26.4 Å². The number of phosphoric ester groups is 2. The van der Waals surface area contributed by atoms with Crippen LogP contribution in [0.5, 0.6) is 0 Å². The van der Waals surface area contributed by atoms with E-state index in [2.05, 4.69) is 48.5 Å². The van der Waals surface area contributed by atoms with Gasteiger partial charge in [0.1, 0.15) is 19.3 Å². The van der Waals surface area contributed by atoms with Crippen molar-refractivity contribution in [1.82, 2.24) is 0 Å². The highest BCUT2D eigenvalue weighted by Gasteiger charge is 2.30. The van der Waals surface area contributed by atoms with Crippen LogP contribution in [0.15, 0.2) is 0 Å². The minimum Gasteiger partial charge on any atom is -0.462 e. The van der Waals surface area contributed by atoms with E-state index < -0.39 is 97.5 Å². The van der Waals surface area contributed by atoms with E-state index in [0.29, 0.717) is 25.7 Å². The molecule has 6 atom stereocenters. The van der Waals surface area contributed by atoms with Crippen molar-refractivity contribution >= 4 is 39.5 Å². The van der Waals surface area contributed by atoms with Gasteiger partial charge in [-0.3, -0.25) is 37.3 Å². The molecule has 624 valence electrons. The van der Waals surface area contributed by atoms with Gasteiger partial charge in [0.2, 0.25) is 0 Å². The first-order valence-corrected chi connectivity index (χ1v) is 47.4. The van der Waals surface area contributed by atoms with Gasteiger partial charge >= 0.3 is 39.5 Å². The monoisotopic (exact) mass is 1540 g/mol. The Labute approximate surface area is 645 Å².